The van der Waals surface area contributed by atoms with Crippen molar-refractivity contribution in [3.05, 3.63) is 12.2 Å². The molecule has 0 radical (unpaired) electrons. The summed E-state index contributed by atoms with van der Waals surface area (Å²) < 4.78 is 0. The van der Waals surface area contributed by atoms with E-state index in [1.54, 1.807) is 6.08 Å². The molecule has 0 rings (SSSR count). The molecule has 70 valence electrons. The summed E-state index contributed by atoms with van der Waals surface area (Å²) in [6.45, 7) is 0.311. The summed E-state index contributed by atoms with van der Waals surface area (Å²) in [5, 5.41) is 8.49. The molecule has 0 saturated carbocycles. The van der Waals surface area contributed by atoms with Crippen LogP contribution in [0.4, 0.5) is 0 Å². The molecule has 0 amide bonds. The standard InChI is InChI=1S/C10H18O2/c11-9-7-5-3-1-2-4-6-8-10-12/h5,7,9,12H,1-4,6,8,10H2/b7-5-. The van der Waals surface area contributed by atoms with Crippen LogP contribution in [0.5, 0.6) is 0 Å². The number of aldehydes is 1. The molecule has 0 aliphatic heterocycles. The lowest BCUT2D eigenvalue weighted by Gasteiger charge is -1.96. The molecule has 0 spiro atoms. The summed E-state index contributed by atoms with van der Waals surface area (Å²) in [6, 6.07) is 0. The molecular formula is C10H18O2. The summed E-state index contributed by atoms with van der Waals surface area (Å²) >= 11 is 0. The van der Waals surface area contributed by atoms with Crippen molar-refractivity contribution >= 4 is 6.29 Å². The quantitative estimate of drug-likeness (QED) is 0.344. The van der Waals surface area contributed by atoms with Gasteiger partial charge in [0, 0.05) is 6.61 Å². The predicted molar refractivity (Wildman–Crippen MR) is 50.0 cm³/mol. The van der Waals surface area contributed by atoms with Gasteiger partial charge in [-0.05, 0) is 25.3 Å². The van der Waals surface area contributed by atoms with E-state index in [4.69, 9.17) is 5.11 Å². The Labute approximate surface area is 74.3 Å². The van der Waals surface area contributed by atoms with Crippen LogP contribution in [0.15, 0.2) is 12.2 Å². The highest BCUT2D eigenvalue weighted by Gasteiger charge is 1.87. The Morgan fingerprint density at radius 1 is 1.00 bits per heavy atom. The average molecular weight is 170 g/mol. The molecule has 12 heavy (non-hydrogen) atoms. The number of carbonyl (C=O) groups is 1. The third-order valence-electron chi connectivity index (χ3n) is 1.74. The van der Waals surface area contributed by atoms with Crippen LogP contribution >= 0.6 is 0 Å². The average Bonchev–Trinajstić information content (AvgIpc) is 2.10. The molecule has 0 bridgehead atoms. The van der Waals surface area contributed by atoms with Gasteiger partial charge in [-0.1, -0.05) is 25.3 Å². The maximum atomic E-state index is 9.86. The number of hydrogen-bond acceptors (Lipinski definition) is 2. The molecule has 0 heterocycles. The lowest BCUT2D eigenvalue weighted by atomic mass is 10.1. The highest BCUT2D eigenvalue weighted by atomic mass is 16.2. The van der Waals surface area contributed by atoms with Gasteiger partial charge in [0.1, 0.15) is 6.29 Å². The van der Waals surface area contributed by atoms with Crippen molar-refractivity contribution < 1.29 is 9.90 Å². The summed E-state index contributed by atoms with van der Waals surface area (Å²) in [4.78, 5) is 9.86. The van der Waals surface area contributed by atoms with Crippen molar-refractivity contribution in [3.8, 4) is 0 Å². The van der Waals surface area contributed by atoms with Crippen LogP contribution in [-0.4, -0.2) is 18.0 Å². The summed E-state index contributed by atoms with van der Waals surface area (Å²) in [5.41, 5.74) is 0. The van der Waals surface area contributed by atoms with Gasteiger partial charge < -0.3 is 5.11 Å². The first-order chi connectivity index (χ1) is 5.91. The zero-order valence-corrected chi connectivity index (χ0v) is 7.54. The number of aliphatic hydroxyl groups excluding tert-OH is 1. The Morgan fingerprint density at radius 3 is 2.33 bits per heavy atom. The van der Waals surface area contributed by atoms with Gasteiger partial charge in [0.2, 0.25) is 0 Å². The Hall–Kier alpha value is -0.630. The minimum Gasteiger partial charge on any atom is -0.396 e. The number of aliphatic hydroxyl groups is 1. The molecule has 2 heteroatoms. The molecule has 0 aromatic carbocycles. The van der Waals surface area contributed by atoms with Gasteiger partial charge in [-0.15, -0.1) is 0 Å². The second-order valence-corrected chi connectivity index (χ2v) is 2.84. The number of rotatable bonds is 8. The van der Waals surface area contributed by atoms with Crippen molar-refractivity contribution in [1.82, 2.24) is 0 Å². The zero-order chi connectivity index (χ0) is 9.07. The Kier molecular flexibility index (Phi) is 9.83. The smallest absolute Gasteiger partial charge is 0.142 e. The SMILES string of the molecule is O=C/C=C\CCCCCCCO. The molecule has 0 unspecified atom stereocenters. The second-order valence-electron chi connectivity index (χ2n) is 2.84. The first-order valence-electron chi connectivity index (χ1n) is 4.63. The van der Waals surface area contributed by atoms with E-state index in [9.17, 15) is 4.79 Å². The maximum absolute atomic E-state index is 9.86. The monoisotopic (exact) mass is 170 g/mol. The van der Waals surface area contributed by atoms with Crippen LogP contribution in [0.1, 0.15) is 38.5 Å². The minimum atomic E-state index is 0.311. The molecule has 0 atom stereocenters. The number of hydrogen-bond donors (Lipinski definition) is 1. The largest absolute Gasteiger partial charge is 0.396 e. The van der Waals surface area contributed by atoms with Crippen molar-refractivity contribution in [3.63, 3.8) is 0 Å². The maximum Gasteiger partial charge on any atom is 0.142 e. The summed E-state index contributed by atoms with van der Waals surface area (Å²) in [6.07, 6.45) is 10.8. The summed E-state index contributed by atoms with van der Waals surface area (Å²) in [5.74, 6) is 0. The van der Waals surface area contributed by atoms with Gasteiger partial charge in [-0.2, -0.15) is 0 Å². The molecule has 0 aromatic heterocycles. The molecule has 0 saturated heterocycles. The lowest BCUT2D eigenvalue weighted by Crippen LogP contribution is -1.83. The van der Waals surface area contributed by atoms with Crippen molar-refractivity contribution in [2.45, 2.75) is 38.5 Å². The molecule has 0 fully saturated rings. The van der Waals surface area contributed by atoms with Gasteiger partial charge in [-0.3, -0.25) is 4.79 Å². The van der Waals surface area contributed by atoms with E-state index in [1.165, 1.54) is 12.8 Å². The van der Waals surface area contributed by atoms with Gasteiger partial charge in [0.25, 0.3) is 0 Å². The summed E-state index contributed by atoms with van der Waals surface area (Å²) in [7, 11) is 0. The minimum absolute atomic E-state index is 0.311. The normalized spacial score (nSPS) is 10.8. The van der Waals surface area contributed by atoms with Crippen LogP contribution in [0, 0.1) is 0 Å². The Morgan fingerprint density at radius 2 is 1.67 bits per heavy atom. The van der Waals surface area contributed by atoms with Crippen LogP contribution in [0.25, 0.3) is 0 Å². The highest BCUT2D eigenvalue weighted by molar-refractivity contribution is 5.64. The molecule has 0 aromatic rings. The van der Waals surface area contributed by atoms with E-state index in [1.807, 2.05) is 6.08 Å². The third kappa shape index (κ3) is 9.37. The van der Waals surface area contributed by atoms with E-state index >= 15 is 0 Å². The van der Waals surface area contributed by atoms with Crippen LogP contribution in [-0.2, 0) is 4.79 Å². The Bertz CT molecular complexity index is 119. The van der Waals surface area contributed by atoms with Gasteiger partial charge in [0.15, 0.2) is 0 Å². The van der Waals surface area contributed by atoms with Gasteiger partial charge >= 0.3 is 0 Å². The number of unbranched alkanes of at least 4 members (excludes halogenated alkanes) is 5. The fourth-order valence-electron chi connectivity index (χ4n) is 1.06. The van der Waals surface area contributed by atoms with E-state index in [2.05, 4.69) is 0 Å². The molecule has 0 aliphatic rings. The fourth-order valence-corrected chi connectivity index (χ4v) is 1.06. The van der Waals surface area contributed by atoms with E-state index in [0.717, 1.165) is 32.0 Å². The van der Waals surface area contributed by atoms with Crippen LogP contribution in [0.3, 0.4) is 0 Å². The van der Waals surface area contributed by atoms with Crippen molar-refractivity contribution in [1.29, 1.82) is 0 Å². The number of carbonyl (C=O) groups excluding carboxylic acids is 1. The number of allylic oxidation sites excluding steroid dienone is 2. The molecular weight excluding hydrogens is 152 g/mol. The second kappa shape index (κ2) is 10.4. The van der Waals surface area contributed by atoms with Crippen LogP contribution < -0.4 is 0 Å². The van der Waals surface area contributed by atoms with Gasteiger partial charge in [-0.25, -0.2) is 0 Å². The highest BCUT2D eigenvalue weighted by Crippen LogP contribution is 2.04. The van der Waals surface area contributed by atoms with Crippen molar-refractivity contribution in [2.75, 3.05) is 6.61 Å². The molecule has 2 nitrogen and oxygen atoms in total. The van der Waals surface area contributed by atoms with E-state index < -0.39 is 0 Å². The fraction of sp³-hybridized carbons (Fsp3) is 0.700. The van der Waals surface area contributed by atoms with Gasteiger partial charge in [0.05, 0.1) is 0 Å². The third-order valence-corrected chi connectivity index (χ3v) is 1.74. The van der Waals surface area contributed by atoms with Crippen molar-refractivity contribution in [2.24, 2.45) is 0 Å². The first-order valence-corrected chi connectivity index (χ1v) is 4.63. The topological polar surface area (TPSA) is 37.3 Å². The predicted octanol–water partition coefficient (Wildman–Crippen LogP) is 2.07. The molecule has 1 N–H and O–H groups in total. The van der Waals surface area contributed by atoms with Crippen LogP contribution in [0.2, 0.25) is 0 Å². The zero-order valence-electron chi connectivity index (χ0n) is 7.54. The lowest BCUT2D eigenvalue weighted by molar-refractivity contribution is -0.104. The molecule has 0 aliphatic carbocycles. The van der Waals surface area contributed by atoms with E-state index in [-0.39, 0.29) is 0 Å². The van der Waals surface area contributed by atoms with E-state index in [0.29, 0.717) is 6.61 Å². The Balaban J connectivity index is 2.90. The first kappa shape index (κ1) is 11.4.